The summed E-state index contributed by atoms with van der Waals surface area (Å²) in [5.74, 6) is 0.962. The molecule has 0 saturated carbocycles. The number of nitrogens with zero attached hydrogens (tertiary/aromatic N) is 2. The lowest BCUT2D eigenvalue weighted by Crippen LogP contribution is -2.25. The summed E-state index contributed by atoms with van der Waals surface area (Å²) < 4.78 is 6.25. The van der Waals surface area contributed by atoms with Crippen molar-refractivity contribution < 1.29 is 14.3 Å². The van der Waals surface area contributed by atoms with Gasteiger partial charge in [-0.3, -0.25) is 9.78 Å². The van der Waals surface area contributed by atoms with Crippen LogP contribution in [0.4, 0.5) is 0 Å². The van der Waals surface area contributed by atoms with Crippen LogP contribution in [0.1, 0.15) is 23.2 Å². The lowest BCUT2D eigenvalue weighted by Gasteiger charge is -2.25. The molecule has 2 aromatic rings. The van der Waals surface area contributed by atoms with Crippen LogP contribution in [-0.2, 0) is 0 Å². The predicted octanol–water partition coefficient (Wildman–Crippen LogP) is 3.28. The van der Waals surface area contributed by atoms with Crippen LogP contribution in [0.2, 0.25) is 0 Å². The van der Waals surface area contributed by atoms with Crippen molar-refractivity contribution in [3.63, 3.8) is 0 Å². The molecule has 2 heterocycles. The smallest absolute Gasteiger partial charge is 0.189 e. The number of methoxy groups -OCH3 is 1. The molecule has 1 aromatic carbocycles. The third kappa shape index (κ3) is 2.82. The molecule has 0 bridgehead atoms. The molecule has 0 N–H and O–H groups in total. The molecule has 5 nitrogen and oxygen atoms in total. The van der Waals surface area contributed by atoms with Gasteiger partial charge >= 0.3 is 0 Å². The molecule has 1 atom stereocenters. The van der Waals surface area contributed by atoms with Gasteiger partial charge in [-0.15, -0.1) is 0 Å². The van der Waals surface area contributed by atoms with Gasteiger partial charge in [0.25, 0.3) is 0 Å². The number of Topliss-reactive ketones (excluding diaryl/α,β-unsaturated/α-hetero) is 1. The normalized spacial score (nSPS) is 19.6. The third-order valence-corrected chi connectivity index (χ3v) is 4.89. The van der Waals surface area contributed by atoms with Crippen LogP contribution in [0.3, 0.4) is 0 Å². The molecule has 0 unspecified atom stereocenters. The Kier molecular flexibility index (Phi) is 3.84. The Morgan fingerprint density at radius 1 is 1.32 bits per heavy atom. The topological polar surface area (TPSA) is 65.3 Å². The minimum absolute atomic E-state index is 0.0144. The Morgan fingerprint density at radius 2 is 2.20 bits per heavy atom. The van der Waals surface area contributed by atoms with E-state index in [2.05, 4.69) is 4.98 Å². The van der Waals surface area contributed by atoms with Gasteiger partial charge in [-0.25, -0.2) is 4.74 Å². The molecule has 1 aromatic heterocycles. The first kappa shape index (κ1) is 15.6. The fourth-order valence-electron chi connectivity index (χ4n) is 3.51. The van der Waals surface area contributed by atoms with Gasteiger partial charge in [-0.1, -0.05) is 12.2 Å². The molecular formula is C20H18N2O3. The van der Waals surface area contributed by atoms with Gasteiger partial charge in [-0.05, 0) is 36.6 Å². The first-order valence-corrected chi connectivity index (χ1v) is 8.32. The van der Waals surface area contributed by atoms with Gasteiger partial charge < -0.3 is 9.94 Å². The molecule has 2 aliphatic rings. The lowest BCUT2D eigenvalue weighted by molar-refractivity contribution is -0.457. The fourth-order valence-corrected chi connectivity index (χ4v) is 3.51. The zero-order chi connectivity index (χ0) is 17.4. The maximum Gasteiger partial charge on any atom is 0.189 e. The van der Waals surface area contributed by atoms with Crippen LogP contribution in [-0.4, -0.2) is 35.4 Å². The number of benzene rings is 1. The van der Waals surface area contributed by atoms with E-state index in [4.69, 9.17) is 4.74 Å². The van der Waals surface area contributed by atoms with Crippen LogP contribution in [0, 0.1) is 11.1 Å². The first-order valence-electron chi connectivity index (χ1n) is 8.32. The van der Waals surface area contributed by atoms with Gasteiger partial charge in [0.1, 0.15) is 5.75 Å². The molecule has 0 radical (unpaired) electrons. The monoisotopic (exact) mass is 334 g/mol. The van der Waals surface area contributed by atoms with Crippen LogP contribution in [0.15, 0.2) is 53.8 Å². The van der Waals surface area contributed by atoms with Crippen LogP contribution in [0.25, 0.3) is 10.9 Å². The van der Waals surface area contributed by atoms with E-state index in [1.54, 1.807) is 25.6 Å². The highest BCUT2D eigenvalue weighted by Gasteiger charge is 2.28. The van der Waals surface area contributed by atoms with Gasteiger partial charge in [0.2, 0.25) is 0 Å². The quantitative estimate of drug-likeness (QED) is 0.491. The average Bonchev–Trinajstić information content (AvgIpc) is 2.66. The van der Waals surface area contributed by atoms with E-state index >= 15 is 0 Å². The lowest BCUT2D eigenvalue weighted by atomic mass is 9.81. The van der Waals surface area contributed by atoms with E-state index in [9.17, 15) is 10.0 Å². The van der Waals surface area contributed by atoms with Crippen molar-refractivity contribution in [2.24, 2.45) is 5.92 Å². The Bertz CT molecular complexity index is 957. The highest BCUT2D eigenvalue weighted by Crippen LogP contribution is 2.32. The number of carbonyl (C=O) groups is 1. The maximum absolute atomic E-state index is 13.1. The number of fused-ring (bicyclic) bond motifs is 2. The van der Waals surface area contributed by atoms with E-state index < -0.39 is 0 Å². The molecule has 5 heteroatoms. The van der Waals surface area contributed by atoms with Gasteiger partial charge in [0, 0.05) is 34.7 Å². The maximum atomic E-state index is 13.1. The molecule has 126 valence electrons. The van der Waals surface area contributed by atoms with E-state index in [-0.39, 0.29) is 11.7 Å². The molecule has 0 spiro atoms. The Balaban J connectivity index is 1.74. The SMILES string of the molecule is COc1ccc2nccc(C(=O)C3=CC=C4C=[N+]([O-])CC[C@H]4C3)c2c1. The van der Waals surface area contributed by atoms with E-state index in [1.165, 1.54) is 0 Å². The van der Waals surface area contributed by atoms with Crippen molar-refractivity contribution in [1.29, 1.82) is 0 Å². The fraction of sp³-hybridized carbons (Fsp3) is 0.250. The number of rotatable bonds is 3. The number of carbonyl (C=O) groups excluding carboxylic acids is 1. The summed E-state index contributed by atoms with van der Waals surface area (Å²) in [7, 11) is 1.61. The third-order valence-electron chi connectivity index (χ3n) is 4.89. The van der Waals surface area contributed by atoms with Crippen molar-refractivity contribution >= 4 is 22.9 Å². The molecule has 1 aliphatic carbocycles. The second-order valence-electron chi connectivity index (χ2n) is 6.39. The average molecular weight is 334 g/mol. The number of aromatic nitrogens is 1. The van der Waals surface area contributed by atoms with Crippen molar-refractivity contribution in [2.75, 3.05) is 13.7 Å². The molecule has 4 rings (SSSR count). The highest BCUT2D eigenvalue weighted by atomic mass is 16.5. The molecule has 25 heavy (non-hydrogen) atoms. The van der Waals surface area contributed by atoms with E-state index in [0.29, 0.717) is 24.3 Å². The largest absolute Gasteiger partial charge is 0.624 e. The molecule has 0 amide bonds. The number of ketones is 1. The number of hydrogen-bond acceptors (Lipinski definition) is 4. The van der Waals surface area contributed by atoms with Crippen molar-refractivity contribution in [1.82, 2.24) is 4.98 Å². The summed E-state index contributed by atoms with van der Waals surface area (Å²) in [5.41, 5.74) is 3.19. The van der Waals surface area contributed by atoms with E-state index in [1.807, 2.05) is 30.4 Å². The van der Waals surface area contributed by atoms with Crippen molar-refractivity contribution in [2.45, 2.75) is 12.8 Å². The summed E-state index contributed by atoms with van der Waals surface area (Å²) in [4.78, 5) is 17.4. The van der Waals surface area contributed by atoms with Gasteiger partial charge in [0.05, 0.1) is 12.6 Å². The molecule has 0 saturated heterocycles. The van der Waals surface area contributed by atoms with Crippen molar-refractivity contribution in [3.05, 3.63) is 64.5 Å². The minimum atomic E-state index is 0.0144. The van der Waals surface area contributed by atoms with Crippen LogP contribution >= 0.6 is 0 Å². The van der Waals surface area contributed by atoms with E-state index in [0.717, 1.165) is 33.2 Å². The van der Waals surface area contributed by atoms with Gasteiger partial charge in [0.15, 0.2) is 18.5 Å². The summed E-state index contributed by atoms with van der Waals surface area (Å²) in [6, 6.07) is 7.31. The number of allylic oxidation sites excluding steroid dienone is 4. The molecule has 1 aliphatic heterocycles. The summed E-state index contributed by atoms with van der Waals surface area (Å²) in [6.07, 6.45) is 8.49. The highest BCUT2D eigenvalue weighted by molar-refractivity contribution is 6.16. The zero-order valence-corrected chi connectivity index (χ0v) is 13.9. The number of hydroxylamine groups is 1. The zero-order valence-electron chi connectivity index (χ0n) is 13.9. The Morgan fingerprint density at radius 3 is 3.04 bits per heavy atom. The number of ether oxygens (including phenoxy) is 1. The van der Waals surface area contributed by atoms with Gasteiger partial charge in [-0.2, -0.15) is 0 Å². The second-order valence-corrected chi connectivity index (χ2v) is 6.39. The summed E-state index contributed by atoms with van der Waals surface area (Å²) >= 11 is 0. The Labute approximate surface area is 145 Å². The first-order chi connectivity index (χ1) is 12.2. The summed E-state index contributed by atoms with van der Waals surface area (Å²) in [6.45, 7) is 0.485. The minimum Gasteiger partial charge on any atom is -0.624 e. The number of hydrogen-bond donors (Lipinski definition) is 0. The van der Waals surface area contributed by atoms with Crippen molar-refractivity contribution in [3.8, 4) is 5.75 Å². The van der Waals surface area contributed by atoms with Crippen LogP contribution < -0.4 is 4.74 Å². The molecular weight excluding hydrogens is 316 g/mol. The number of pyridine rings is 1. The standard InChI is InChI=1S/C20H18N2O3/c1-25-16-4-5-19-18(11-16)17(6-8-21-19)20(23)14-2-3-15-12-22(24)9-7-13(15)10-14/h2-6,8,11-13H,7,9-10H2,1H3/t13-/m0/s1. The van der Waals surface area contributed by atoms with Crippen LogP contribution in [0.5, 0.6) is 5.75 Å². The summed E-state index contributed by atoms with van der Waals surface area (Å²) in [5, 5.41) is 12.3. The molecule has 0 fully saturated rings. The predicted molar refractivity (Wildman–Crippen MR) is 96.1 cm³/mol. The second kappa shape index (κ2) is 6.16. The Hall–Kier alpha value is -2.95.